The lowest BCUT2D eigenvalue weighted by Gasteiger charge is -2.17. The molecule has 0 aliphatic carbocycles. The molecule has 0 fully saturated rings. The van der Waals surface area contributed by atoms with E-state index in [0.29, 0.717) is 15.9 Å². The summed E-state index contributed by atoms with van der Waals surface area (Å²) >= 11 is 3.32. The summed E-state index contributed by atoms with van der Waals surface area (Å²) in [5, 5.41) is 4.03. The van der Waals surface area contributed by atoms with Crippen molar-refractivity contribution in [2.45, 2.75) is 12.2 Å². The Morgan fingerprint density at radius 1 is 1.35 bits per heavy atom. The Kier molecular flexibility index (Phi) is 4.11. The second-order valence-electron chi connectivity index (χ2n) is 4.07. The number of pyridine rings is 1. The van der Waals surface area contributed by atoms with Crippen LogP contribution >= 0.6 is 15.9 Å². The molecule has 0 saturated heterocycles. The van der Waals surface area contributed by atoms with Crippen molar-refractivity contribution < 1.29 is 13.2 Å². The van der Waals surface area contributed by atoms with E-state index in [1.165, 1.54) is 6.07 Å². The van der Waals surface area contributed by atoms with Gasteiger partial charge in [-0.2, -0.15) is 18.3 Å². The van der Waals surface area contributed by atoms with E-state index >= 15 is 0 Å². The number of nitrogens with zero attached hydrogens (tertiary/aromatic N) is 3. The van der Waals surface area contributed by atoms with Crippen LogP contribution in [0, 0.1) is 0 Å². The molecule has 0 aliphatic heterocycles. The average Bonchev–Trinajstić information content (AvgIpc) is 2.71. The molecule has 2 aromatic heterocycles. The first-order valence-electron chi connectivity index (χ1n) is 5.51. The van der Waals surface area contributed by atoms with Crippen molar-refractivity contribution in [3.63, 3.8) is 0 Å². The predicted octanol–water partition coefficient (Wildman–Crippen LogP) is 2.15. The zero-order chi connectivity index (χ0) is 14.9. The van der Waals surface area contributed by atoms with Crippen molar-refractivity contribution in [3.05, 3.63) is 46.0 Å². The van der Waals surface area contributed by atoms with Crippen molar-refractivity contribution in [1.29, 1.82) is 0 Å². The molecule has 3 N–H and O–H groups in total. The van der Waals surface area contributed by atoms with Crippen LogP contribution < -0.4 is 11.3 Å². The van der Waals surface area contributed by atoms with Crippen molar-refractivity contribution in [3.8, 4) is 0 Å². The maximum Gasteiger partial charge on any atom is 0.417 e. The normalized spacial score (nSPS) is 13.5. The van der Waals surface area contributed by atoms with E-state index in [0.717, 1.165) is 12.3 Å². The van der Waals surface area contributed by atoms with E-state index in [2.05, 4.69) is 31.4 Å². The molecule has 0 saturated carbocycles. The average molecular weight is 350 g/mol. The molecule has 0 aliphatic rings. The topological polar surface area (TPSA) is 68.8 Å². The van der Waals surface area contributed by atoms with Gasteiger partial charge >= 0.3 is 6.18 Å². The quantitative estimate of drug-likeness (QED) is 0.658. The fourth-order valence-electron chi connectivity index (χ4n) is 1.79. The van der Waals surface area contributed by atoms with E-state index < -0.39 is 17.8 Å². The van der Waals surface area contributed by atoms with Crippen LogP contribution in [0.4, 0.5) is 13.2 Å². The van der Waals surface area contributed by atoms with Gasteiger partial charge in [0.25, 0.3) is 0 Å². The molecule has 2 heterocycles. The Balaban J connectivity index is 2.38. The van der Waals surface area contributed by atoms with Gasteiger partial charge in [0.1, 0.15) is 6.04 Å². The van der Waals surface area contributed by atoms with Gasteiger partial charge in [0.2, 0.25) is 0 Å². The largest absolute Gasteiger partial charge is 0.417 e. The zero-order valence-corrected chi connectivity index (χ0v) is 11.9. The number of aryl methyl sites for hydroxylation is 1. The van der Waals surface area contributed by atoms with E-state index in [9.17, 15) is 13.2 Å². The maximum atomic E-state index is 12.5. The molecule has 2 aromatic rings. The zero-order valence-electron chi connectivity index (χ0n) is 10.3. The fraction of sp³-hybridized carbons (Fsp3) is 0.273. The predicted molar refractivity (Wildman–Crippen MR) is 69.3 cm³/mol. The lowest BCUT2D eigenvalue weighted by molar-refractivity contribution is -0.137. The fourth-order valence-corrected chi connectivity index (χ4v) is 2.37. The Morgan fingerprint density at radius 2 is 2.05 bits per heavy atom. The third-order valence-electron chi connectivity index (χ3n) is 2.79. The summed E-state index contributed by atoms with van der Waals surface area (Å²) < 4.78 is 39.8. The first-order chi connectivity index (χ1) is 9.34. The van der Waals surface area contributed by atoms with Gasteiger partial charge in [-0.3, -0.25) is 15.5 Å². The Morgan fingerprint density at radius 3 is 2.45 bits per heavy atom. The number of rotatable bonds is 3. The number of halogens is 4. The molecule has 0 amide bonds. The standard InChI is InChI=1S/C11H11BrF3N5/c1-20-10(7(12)5-18-20)9(19-16)8-3-2-6(4-17-8)11(13,14)15/h2-5,9,19H,16H2,1H3. The number of hydrogen-bond acceptors (Lipinski definition) is 4. The van der Waals surface area contributed by atoms with Crippen LogP contribution in [-0.4, -0.2) is 14.8 Å². The molecule has 20 heavy (non-hydrogen) atoms. The van der Waals surface area contributed by atoms with Crippen molar-refractivity contribution in [2.24, 2.45) is 12.9 Å². The highest BCUT2D eigenvalue weighted by Crippen LogP contribution is 2.31. The Hall–Kier alpha value is -1.45. The summed E-state index contributed by atoms with van der Waals surface area (Å²) in [4.78, 5) is 3.83. The van der Waals surface area contributed by atoms with E-state index in [4.69, 9.17) is 5.84 Å². The minimum atomic E-state index is -4.41. The van der Waals surface area contributed by atoms with E-state index in [-0.39, 0.29) is 0 Å². The molecule has 0 aromatic carbocycles. The smallest absolute Gasteiger partial charge is 0.270 e. The van der Waals surface area contributed by atoms with Crippen LogP contribution in [0.1, 0.15) is 23.0 Å². The van der Waals surface area contributed by atoms with Crippen molar-refractivity contribution in [1.82, 2.24) is 20.2 Å². The van der Waals surface area contributed by atoms with E-state index in [1.54, 1.807) is 17.9 Å². The highest BCUT2D eigenvalue weighted by atomic mass is 79.9. The van der Waals surface area contributed by atoms with Crippen molar-refractivity contribution >= 4 is 15.9 Å². The summed E-state index contributed by atoms with van der Waals surface area (Å²) in [6.45, 7) is 0. The Bertz CT molecular complexity index is 574. The number of hydrogen-bond donors (Lipinski definition) is 2. The second kappa shape index (κ2) is 5.51. The highest BCUT2D eigenvalue weighted by Gasteiger charge is 2.31. The van der Waals surface area contributed by atoms with Gasteiger partial charge < -0.3 is 0 Å². The number of nitrogens with one attached hydrogen (secondary N) is 1. The monoisotopic (exact) mass is 349 g/mol. The third-order valence-corrected chi connectivity index (χ3v) is 3.40. The molecular weight excluding hydrogens is 339 g/mol. The van der Waals surface area contributed by atoms with Crippen LogP contribution in [0.15, 0.2) is 29.0 Å². The lowest BCUT2D eigenvalue weighted by atomic mass is 10.1. The third kappa shape index (κ3) is 2.84. The summed E-state index contributed by atoms with van der Waals surface area (Å²) in [6, 6.07) is 1.68. The van der Waals surface area contributed by atoms with Gasteiger partial charge in [-0.15, -0.1) is 0 Å². The van der Waals surface area contributed by atoms with Crippen LogP contribution in [0.2, 0.25) is 0 Å². The van der Waals surface area contributed by atoms with Gasteiger partial charge in [-0.25, -0.2) is 5.43 Å². The number of aromatic nitrogens is 3. The summed E-state index contributed by atoms with van der Waals surface area (Å²) in [7, 11) is 1.70. The molecule has 0 radical (unpaired) electrons. The second-order valence-corrected chi connectivity index (χ2v) is 4.92. The van der Waals surface area contributed by atoms with Crippen LogP contribution in [0.3, 0.4) is 0 Å². The summed E-state index contributed by atoms with van der Waals surface area (Å²) in [5.41, 5.74) is 2.75. The Labute approximate surface area is 121 Å². The van der Waals surface area contributed by atoms with Gasteiger partial charge in [0.05, 0.1) is 27.6 Å². The van der Waals surface area contributed by atoms with Crippen LogP contribution in [0.25, 0.3) is 0 Å². The van der Waals surface area contributed by atoms with E-state index in [1.807, 2.05) is 0 Å². The SMILES string of the molecule is Cn1ncc(Br)c1C(NN)c1ccc(C(F)(F)F)cn1. The minimum Gasteiger partial charge on any atom is -0.270 e. The molecule has 1 atom stereocenters. The highest BCUT2D eigenvalue weighted by molar-refractivity contribution is 9.10. The first kappa shape index (κ1) is 14.9. The molecule has 5 nitrogen and oxygen atoms in total. The molecule has 2 rings (SSSR count). The minimum absolute atomic E-state index is 0.366. The van der Waals surface area contributed by atoms with Gasteiger partial charge in [-0.1, -0.05) is 0 Å². The maximum absolute atomic E-state index is 12.5. The number of nitrogens with two attached hydrogens (primary N) is 1. The molecule has 0 spiro atoms. The number of hydrazine groups is 1. The van der Waals surface area contributed by atoms with Crippen LogP contribution in [0.5, 0.6) is 0 Å². The molecule has 1 unspecified atom stereocenters. The molecule has 9 heteroatoms. The van der Waals surface area contributed by atoms with Gasteiger partial charge in [0.15, 0.2) is 0 Å². The summed E-state index contributed by atoms with van der Waals surface area (Å²) in [5.74, 6) is 5.48. The summed E-state index contributed by atoms with van der Waals surface area (Å²) in [6.07, 6.45) is -2.06. The first-order valence-corrected chi connectivity index (χ1v) is 6.30. The number of alkyl halides is 3. The molecular formula is C11H11BrF3N5. The van der Waals surface area contributed by atoms with Crippen molar-refractivity contribution in [2.75, 3.05) is 0 Å². The molecule has 108 valence electrons. The van der Waals surface area contributed by atoms with Crippen LogP contribution in [-0.2, 0) is 13.2 Å². The lowest BCUT2D eigenvalue weighted by Crippen LogP contribution is -2.31. The van der Waals surface area contributed by atoms with Gasteiger partial charge in [0, 0.05) is 13.2 Å². The van der Waals surface area contributed by atoms with Gasteiger partial charge in [-0.05, 0) is 28.1 Å². The molecule has 0 bridgehead atoms.